The van der Waals surface area contributed by atoms with E-state index in [1.807, 2.05) is 48.5 Å². The zero-order chi connectivity index (χ0) is 17.8. The van der Waals surface area contributed by atoms with E-state index in [4.69, 9.17) is 4.52 Å². The minimum Gasteiger partial charge on any atom is -0.339 e. The van der Waals surface area contributed by atoms with Crippen molar-refractivity contribution in [3.8, 4) is 11.4 Å². The highest BCUT2D eigenvalue weighted by Gasteiger charge is 2.35. The van der Waals surface area contributed by atoms with Crippen molar-refractivity contribution in [2.45, 2.75) is 12.3 Å². The van der Waals surface area contributed by atoms with Crippen LogP contribution in [0.1, 0.15) is 17.4 Å². The molecular formula is C20H20N4O2. The highest BCUT2D eigenvalue weighted by Crippen LogP contribution is 2.27. The molecule has 0 atom stereocenters. The van der Waals surface area contributed by atoms with Crippen molar-refractivity contribution in [2.75, 3.05) is 19.6 Å². The lowest BCUT2D eigenvalue weighted by atomic mass is 10.0. The number of nitrogens with zero attached hydrogens (tertiary/aromatic N) is 3. The fraction of sp³-hybridized carbons (Fsp3) is 0.250. The molecule has 1 aromatic heterocycles. The lowest BCUT2D eigenvalue weighted by Crippen LogP contribution is -2.52. The van der Waals surface area contributed by atoms with E-state index in [0.29, 0.717) is 31.3 Å². The molecule has 26 heavy (non-hydrogen) atoms. The van der Waals surface area contributed by atoms with Crippen molar-refractivity contribution >= 4 is 6.03 Å². The van der Waals surface area contributed by atoms with E-state index in [9.17, 15) is 4.79 Å². The number of urea groups is 1. The minimum absolute atomic E-state index is 0.0417. The highest BCUT2D eigenvalue weighted by atomic mass is 16.5. The first-order chi connectivity index (χ1) is 12.8. The van der Waals surface area contributed by atoms with Crippen molar-refractivity contribution in [3.05, 3.63) is 72.1 Å². The molecule has 1 aliphatic heterocycles. The van der Waals surface area contributed by atoms with Crippen LogP contribution in [0, 0.1) is 0 Å². The van der Waals surface area contributed by atoms with Crippen LogP contribution in [-0.4, -0.2) is 40.7 Å². The summed E-state index contributed by atoms with van der Waals surface area (Å²) < 4.78 is 5.37. The maximum Gasteiger partial charge on any atom is 0.317 e. The Labute approximate surface area is 151 Å². The van der Waals surface area contributed by atoms with Crippen LogP contribution in [0.25, 0.3) is 11.4 Å². The summed E-state index contributed by atoms with van der Waals surface area (Å²) in [6.07, 6.45) is 0.827. The van der Waals surface area contributed by atoms with Crippen LogP contribution in [-0.2, 0) is 6.42 Å². The molecule has 1 fully saturated rings. The number of rotatable bonds is 5. The van der Waals surface area contributed by atoms with E-state index in [1.54, 1.807) is 4.90 Å². The van der Waals surface area contributed by atoms with Crippen molar-refractivity contribution in [3.63, 3.8) is 0 Å². The minimum atomic E-state index is -0.0417. The number of nitrogens with one attached hydrogen (secondary N) is 1. The molecule has 2 amide bonds. The summed E-state index contributed by atoms with van der Waals surface area (Å²) in [5.41, 5.74) is 2.14. The van der Waals surface area contributed by atoms with Crippen LogP contribution in [0.15, 0.2) is 65.2 Å². The molecule has 1 aliphatic rings. The largest absolute Gasteiger partial charge is 0.339 e. The Morgan fingerprint density at radius 2 is 1.77 bits per heavy atom. The van der Waals surface area contributed by atoms with Crippen molar-refractivity contribution in [1.82, 2.24) is 20.4 Å². The summed E-state index contributed by atoms with van der Waals surface area (Å²) in [5, 5.41) is 6.99. The first kappa shape index (κ1) is 16.3. The molecule has 2 heterocycles. The third-order valence-electron chi connectivity index (χ3n) is 4.52. The summed E-state index contributed by atoms with van der Waals surface area (Å²) in [6, 6.07) is 19.8. The van der Waals surface area contributed by atoms with Gasteiger partial charge in [0, 0.05) is 25.2 Å². The van der Waals surface area contributed by atoms with Gasteiger partial charge in [-0.2, -0.15) is 4.98 Å². The second-order valence-electron chi connectivity index (χ2n) is 6.39. The first-order valence-corrected chi connectivity index (χ1v) is 8.75. The third-order valence-corrected chi connectivity index (χ3v) is 4.52. The molecule has 0 aliphatic carbocycles. The lowest BCUT2D eigenvalue weighted by molar-refractivity contribution is 0.137. The standard InChI is InChI=1S/C20H20N4O2/c25-20(21-12-11-15-7-3-1-4-8-15)24-13-17(14-24)19-22-18(23-26-19)16-9-5-2-6-10-16/h1-10,17H,11-14H2,(H,21,25). The van der Waals surface area contributed by atoms with E-state index < -0.39 is 0 Å². The van der Waals surface area contributed by atoms with E-state index >= 15 is 0 Å². The van der Waals surface area contributed by atoms with Gasteiger partial charge in [-0.05, 0) is 12.0 Å². The second kappa shape index (κ2) is 7.39. The summed E-state index contributed by atoms with van der Waals surface area (Å²) in [5.74, 6) is 1.29. The van der Waals surface area contributed by atoms with Crippen LogP contribution in [0.2, 0.25) is 0 Å². The number of aromatic nitrogens is 2. The molecule has 0 unspecified atom stereocenters. The zero-order valence-corrected chi connectivity index (χ0v) is 14.3. The molecule has 1 saturated heterocycles. The summed E-state index contributed by atoms with van der Waals surface area (Å²) in [4.78, 5) is 18.4. The third kappa shape index (κ3) is 3.59. The fourth-order valence-corrected chi connectivity index (χ4v) is 2.98. The topological polar surface area (TPSA) is 71.3 Å². The van der Waals surface area contributed by atoms with Crippen LogP contribution in [0.3, 0.4) is 0 Å². The molecule has 0 saturated carbocycles. The Morgan fingerprint density at radius 3 is 2.50 bits per heavy atom. The van der Waals surface area contributed by atoms with Crippen LogP contribution >= 0.6 is 0 Å². The van der Waals surface area contributed by atoms with Gasteiger partial charge < -0.3 is 14.7 Å². The van der Waals surface area contributed by atoms with Gasteiger partial charge in [0.25, 0.3) is 0 Å². The monoisotopic (exact) mass is 348 g/mol. The Balaban J connectivity index is 1.25. The number of likely N-dealkylation sites (tertiary alicyclic amines) is 1. The van der Waals surface area contributed by atoms with Gasteiger partial charge >= 0.3 is 6.03 Å². The van der Waals surface area contributed by atoms with E-state index in [2.05, 4.69) is 27.6 Å². The smallest absolute Gasteiger partial charge is 0.317 e. The first-order valence-electron chi connectivity index (χ1n) is 8.75. The number of hydrogen-bond acceptors (Lipinski definition) is 4. The van der Waals surface area contributed by atoms with Crippen molar-refractivity contribution in [1.29, 1.82) is 0 Å². The van der Waals surface area contributed by atoms with Gasteiger partial charge in [0.1, 0.15) is 0 Å². The SMILES string of the molecule is O=C(NCCc1ccccc1)N1CC(c2nc(-c3ccccc3)no2)C1. The summed E-state index contributed by atoms with van der Waals surface area (Å²) in [6.45, 7) is 1.84. The molecule has 1 N–H and O–H groups in total. The average molecular weight is 348 g/mol. The van der Waals surface area contributed by atoms with Crippen LogP contribution < -0.4 is 5.32 Å². The van der Waals surface area contributed by atoms with Crippen molar-refractivity contribution < 1.29 is 9.32 Å². The van der Waals surface area contributed by atoms with Gasteiger partial charge in [-0.15, -0.1) is 0 Å². The normalized spacial score (nSPS) is 14.1. The number of amides is 2. The molecule has 3 aromatic rings. The molecule has 4 rings (SSSR count). The number of carbonyl (C=O) groups excluding carboxylic acids is 1. The Hall–Kier alpha value is -3.15. The van der Waals surface area contributed by atoms with E-state index in [-0.39, 0.29) is 11.9 Å². The predicted octanol–water partition coefficient (Wildman–Crippen LogP) is 3.09. The Kier molecular flexibility index (Phi) is 4.64. The highest BCUT2D eigenvalue weighted by molar-refractivity contribution is 5.75. The molecular weight excluding hydrogens is 328 g/mol. The Morgan fingerprint density at radius 1 is 1.08 bits per heavy atom. The van der Waals surface area contributed by atoms with Crippen LogP contribution in [0.4, 0.5) is 4.79 Å². The van der Waals surface area contributed by atoms with Gasteiger partial charge in [0.2, 0.25) is 11.7 Å². The number of carbonyl (C=O) groups is 1. The summed E-state index contributed by atoms with van der Waals surface area (Å²) >= 11 is 0. The number of benzene rings is 2. The molecule has 0 radical (unpaired) electrons. The molecule has 2 aromatic carbocycles. The summed E-state index contributed by atoms with van der Waals surface area (Å²) in [7, 11) is 0. The van der Waals surface area contributed by atoms with Gasteiger partial charge in [-0.3, -0.25) is 0 Å². The molecule has 0 spiro atoms. The van der Waals surface area contributed by atoms with Gasteiger partial charge in [0.05, 0.1) is 5.92 Å². The van der Waals surface area contributed by atoms with Crippen molar-refractivity contribution in [2.24, 2.45) is 0 Å². The Bertz CT molecular complexity index is 858. The fourth-order valence-electron chi connectivity index (χ4n) is 2.98. The van der Waals surface area contributed by atoms with E-state index in [0.717, 1.165) is 12.0 Å². The molecule has 0 bridgehead atoms. The zero-order valence-electron chi connectivity index (χ0n) is 14.3. The molecule has 132 valence electrons. The quantitative estimate of drug-likeness (QED) is 0.769. The predicted molar refractivity (Wildman–Crippen MR) is 97.6 cm³/mol. The van der Waals surface area contributed by atoms with Gasteiger partial charge in [0.15, 0.2) is 0 Å². The number of hydrogen-bond donors (Lipinski definition) is 1. The second-order valence-corrected chi connectivity index (χ2v) is 6.39. The molecule has 6 heteroatoms. The van der Waals surface area contributed by atoms with E-state index in [1.165, 1.54) is 5.56 Å². The van der Waals surface area contributed by atoms with Gasteiger partial charge in [-0.1, -0.05) is 65.8 Å². The van der Waals surface area contributed by atoms with Crippen LogP contribution in [0.5, 0.6) is 0 Å². The molecule has 6 nitrogen and oxygen atoms in total. The maximum absolute atomic E-state index is 12.2. The van der Waals surface area contributed by atoms with Gasteiger partial charge in [-0.25, -0.2) is 4.79 Å². The lowest BCUT2D eigenvalue weighted by Gasteiger charge is -2.36. The maximum atomic E-state index is 12.2. The average Bonchev–Trinajstić information content (AvgIpc) is 3.12.